The number of alkyl halides is 3. The highest BCUT2D eigenvalue weighted by atomic mass is 32.2. The Balaban J connectivity index is 2.61. The zero-order chi connectivity index (χ0) is 11.8. The number of nitrogens with one attached hydrogen (secondary N) is 1. The van der Waals surface area contributed by atoms with E-state index in [9.17, 15) is 13.2 Å². The lowest BCUT2D eigenvalue weighted by Gasteiger charge is -2.23. The second kappa shape index (κ2) is 4.30. The average Bonchev–Trinajstić information content (AvgIpc) is 2.26. The summed E-state index contributed by atoms with van der Waals surface area (Å²) in [6, 6.07) is 3.40. The summed E-state index contributed by atoms with van der Waals surface area (Å²) in [5.41, 5.74) is 0.791. The third-order valence-corrected chi connectivity index (χ3v) is 3.53. The fraction of sp³-hybridized carbons (Fsp3) is 0.455. The molecule has 1 nitrogen and oxygen atoms in total. The summed E-state index contributed by atoms with van der Waals surface area (Å²) in [5.74, 6) is 0. The molecule has 0 fully saturated rings. The molecule has 1 heterocycles. The zero-order valence-electron chi connectivity index (χ0n) is 8.82. The van der Waals surface area contributed by atoms with E-state index in [1.54, 1.807) is 12.3 Å². The maximum atomic E-state index is 13.0. The van der Waals surface area contributed by atoms with Crippen LogP contribution in [0.3, 0.4) is 0 Å². The Morgan fingerprint density at radius 1 is 1.31 bits per heavy atom. The molecule has 0 spiro atoms. The Hall–Kier alpha value is -0.680. The molecule has 1 aromatic carbocycles. The fourth-order valence-electron chi connectivity index (χ4n) is 2.02. The monoisotopic (exact) mass is 247 g/mol. The predicted molar refractivity (Wildman–Crippen MR) is 58.6 cm³/mol. The quantitative estimate of drug-likeness (QED) is 0.765. The molecule has 2 rings (SSSR count). The van der Waals surface area contributed by atoms with Gasteiger partial charge in [-0.3, -0.25) is 0 Å². The summed E-state index contributed by atoms with van der Waals surface area (Å²) in [5, 5.41) is 3.00. The molecule has 1 N–H and O–H groups in total. The van der Waals surface area contributed by atoms with Gasteiger partial charge >= 0.3 is 6.18 Å². The minimum absolute atomic E-state index is 0.315. The molecule has 1 aromatic rings. The Labute approximate surface area is 96.4 Å². The van der Waals surface area contributed by atoms with Crippen LogP contribution in [0.15, 0.2) is 17.0 Å². The molecule has 0 atom stereocenters. The van der Waals surface area contributed by atoms with Crippen LogP contribution in [0.4, 0.5) is 13.2 Å². The van der Waals surface area contributed by atoms with Crippen LogP contribution in [0.2, 0.25) is 0 Å². The second-order valence-corrected chi connectivity index (χ2v) is 4.55. The molecule has 5 heteroatoms. The molecular weight excluding hydrogens is 235 g/mol. The van der Waals surface area contributed by atoms with E-state index < -0.39 is 11.7 Å². The molecule has 1 aliphatic heterocycles. The standard InChI is InChI=1S/C11H12F3NS/c1-16-9-3-2-7-4-5-15-6-8(7)10(9)11(12,13)14/h2-3,15H,4-6H2,1H3. The Morgan fingerprint density at radius 3 is 2.69 bits per heavy atom. The van der Waals surface area contributed by atoms with Gasteiger partial charge < -0.3 is 5.32 Å². The van der Waals surface area contributed by atoms with Crippen LogP contribution in [-0.4, -0.2) is 12.8 Å². The van der Waals surface area contributed by atoms with Crippen molar-refractivity contribution < 1.29 is 13.2 Å². The van der Waals surface area contributed by atoms with Gasteiger partial charge in [-0.15, -0.1) is 11.8 Å². The highest BCUT2D eigenvalue weighted by Gasteiger charge is 2.37. The molecule has 0 saturated carbocycles. The molecule has 0 bridgehead atoms. The van der Waals surface area contributed by atoms with Gasteiger partial charge in [0.1, 0.15) is 0 Å². The topological polar surface area (TPSA) is 12.0 Å². The van der Waals surface area contributed by atoms with Gasteiger partial charge in [-0.05, 0) is 36.4 Å². The third-order valence-electron chi connectivity index (χ3n) is 2.75. The minimum Gasteiger partial charge on any atom is -0.312 e. The first-order valence-corrected chi connectivity index (χ1v) is 6.23. The number of hydrogen-bond donors (Lipinski definition) is 1. The molecule has 0 aliphatic carbocycles. The second-order valence-electron chi connectivity index (χ2n) is 3.71. The molecule has 0 saturated heterocycles. The van der Waals surface area contributed by atoms with E-state index in [4.69, 9.17) is 0 Å². The van der Waals surface area contributed by atoms with Crippen molar-refractivity contribution in [3.05, 3.63) is 28.8 Å². The summed E-state index contributed by atoms with van der Waals surface area (Å²) in [6.45, 7) is 1.07. The van der Waals surface area contributed by atoms with Gasteiger partial charge in [-0.1, -0.05) is 6.07 Å². The van der Waals surface area contributed by atoms with Crippen LogP contribution in [0.5, 0.6) is 0 Å². The number of hydrogen-bond acceptors (Lipinski definition) is 2. The van der Waals surface area contributed by atoms with E-state index in [-0.39, 0.29) is 0 Å². The Kier molecular flexibility index (Phi) is 3.17. The lowest BCUT2D eigenvalue weighted by Crippen LogP contribution is -2.27. The Morgan fingerprint density at radius 2 is 2.06 bits per heavy atom. The van der Waals surface area contributed by atoms with Gasteiger partial charge in [0, 0.05) is 11.4 Å². The van der Waals surface area contributed by atoms with E-state index in [0.29, 0.717) is 23.4 Å². The average molecular weight is 247 g/mol. The molecule has 0 unspecified atom stereocenters. The molecule has 0 amide bonds. The number of benzene rings is 1. The highest BCUT2D eigenvalue weighted by Crippen LogP contribution is 2.40. The normalized spacial score (nSPS) is 16.0. The minimum atomic E-state index is -4.26. The van der Waals surface area contributed by atoms with Crippen molar-refractivity contribution in [1.29, 1.82) is 0 Å². The van der Waals surface area contributed by atoms with E-state index >= 15 is 0 Å². The van der Waals surface area contributed by atoms with Gasteiger partial charge in [0.25, 0.3) is 0 Å². The van der Waals surface area contributed by atoms with Crippen molar-refractivity contribution in [1.82, 2.24) is 5.32 Å². The Bertz CT molecular complexity index is 401. The van der Waals surface area contributed by atoms with Crippen LogP contribution in [0, 0.1) is 0 Å². The molecule has 16 heavy (non-hydrogen) atoms. The van der Waals surface area contributed by atoms with Crippen molar-refractivity contribution >= 4 is 11.8 Å². The fourth-order valence-corrected chi connectivity index (χ4v) is 2.67. The van der Waals surface area contributed by atoms with Crippen molar-refractivity contribution in [2.24, 2.45) is 0 Å². The van der Waals surface area contributed by atoms with Crippen molar-refractivity contribution in [3.8, 4) is 0 Å². The van der Waals surface area contributed by atoms with Crippen LogP contribution >= 0.6 is 11.8 Å². The van der Waals surface area contributed by atoms with Gasteiger partial charge in [-0.25, -0.2) is 0 Å². The largest absolute Gasteiger partial charge is 0.417 e. The molecule has 88 valence electrons. The predicted octanol–water partition coefficient (Wildman–Crippen LogP) is 3.07. The van der Waals surface area contributed by atoms with Gasteiger partial charge in [0.15, 0.2) is 0 Å². The molecule has 1 aliphatic rings. The van der Waals surface area contributed by atoms with E-state index in [2.05, 4.69) is 5.32 Å². The van der Waals surface area contributed by atoms with Crippen LogP contribution in [0.1, 0.15) is 16.7 Å². The third kappa shape index (κ3) is 2.06. The smallest absolute Gasteiger partial charge is 0.312 e. The van der Waals surface area contributed by atoms with Gasteiger partial charge in [0.2, 0.25) is 0 Å². The molecule has 0 radical (unpaired) electrons. The summed E-state index contributed by atoms with van der Waals surface area (Å²) in [6.07, 6.45) is -1.91. The van der Waals surface area contributed by atoms with Crippen LogP contribution in [0.25, 0.3) is 0 Å². The summed E-state index contributed by atoms with van der Waals surface area (Å²) >= 11 is 1.15. The lowest BCUT2D eigenvalue weighted by atomic mass is 9.95. The molecular formula is C11H12F3NS. The lowest BCUT2D eigenvalue weighted by molar-refractivity contribution is -0.140. The summed E-state index contributed by atoms with van der Waals surface area (Å²) in [4.78, 5) is 0.315. The van der Waals surface area contributed by atoms with Gasteiger partial charge in [0.05, 0.1) is 5.56 Å². The number of halogens is 3. The van der Waals surface area contributed by atoms with Crippen molar-refractivity contribution in [3.63, 3.8) is 0 Å². The first-order valence-electron chi connectivity index (χ1n) is 5.00. The SMILES string of the molecule is CSc1ccc2c(c1C(F)(F)F)CNCC2. The van der Waals surface area contributed by atoms with E-state index in [0.717, 1.165) is 23.9 Å². The number of fused-ring (bicyclic) bond motifs is 1. The maximum Gasteiger partial charge on any atom is 0.417 e. The van der Waals surface area contributed by atoms with Crippen molar-refractivity contribution in [2.75, 3.05) is 12.8 Å². The zero-order valence-corrected chi connectivity index (χ0v) is 9.63. The highest BCUT2D eigenvalue weighted by molar-refractivity contribution is 7.98. The van der Waals surface area contributed by atoms with Crippen molar-refractivity contribution in [2.45, 2.75) is 24.0 Å². The van der Waals surface area contributed by atoms with Crippen LogP contribution < -0.4 is 5.32 Å². The number of thioether (sulfide) groups is 1. The summed E-state index contributed by atoms with van der Waals surface area (Å²) < 4.78 is 38.9. The number of rotatable bonds is 1. The summed E-state index contributed by atoms with van der Waals surface area (Å²) in [7, 11) is 0. The molecule has 0 aromatic heterocycles. The van der Waals surface area contributed by atoms with Gasteiger partial charge in [-0.2, -0.15) is 13.2 Å². The van der Waals surface area contributed by atoms with E-state index in [1.165, 1.54) is 0 Å². The maximum absolute atomic E-state index is 13.0. The van der Waals surface area contributed by atoms with E-state index in [1.807, 2.05) is 6.07 Å². The first-order chi connectivity index (χ1) is 7.54. The van der Waals surface area contributed by atoms with Crippen LogP contribution in [-0.2, 0) is 19.1 Å². The first kappa shape index (κ1) is 11.8.